The monoisotopic (exact) mass is 308 g/mol. The lowest BCUT2D eigenvalue weighted by Gasteiger charge is -2.40. The zero-order valence-electron chi connectivity index (χ0n) is 12.3. The molecule has 0 aromatic carbocycles. The predicted molar refractivity (Wildman–Crippen MR) is 82.4 cm³/mol. The Morgan fingerprint density at radius 2 is 2.19 bits per heavy atom. The van der Waals surface area contributed by atoms with E-state index < -0.39 is 0 Å². The quantitative estimate of drug-likeness (QED) is 0.860. The number of aromatic nitrogens is 2. The van der Waals surface area contributed by atoms with Crippen molar-refractivity contribution in [2.45, 2.75) is 38.1 Å². The first-order chi connectivity index (χ1) is 10.2. The molecule has 1 amide bonds. The van der Waals surface area contributed by atoms with Gasteiger partial charge in [-0.05, 0) is 25.7 Å². The van der Waals surface area contributed by atoms with Crippen LogP contribution in [-0.4, -0.2) is 47.0 Å². The molecule has 1 aliphatic heterocycles. The minimum Gasteiger partial charge on any atom is -0.353 e. The third-order valence-corrected chi connectivity index (χ3v) is 4.96. The Balaban J connectivity index is 1.68. The van der Waals surface area contributed by atoms with Crippen LogP contribution in [-0.2, 0) is 4.79 Å². The van der Waals surface area contributed by atoms with Crippen molar-refractivity contribution in [1.82, 2.24) is 14.9 Å². The maximum Gasteiger partial charge on any atom is 0.225 e. The van der Waals surface area contributed by atoms with Gasteiger partial charge in [-0.25, -0.2) is 9.97 Å². The first-order valence-electron chi connectivity index (χ1n) is 7.64. The Morgan fingerprint density at radius 3 is 2.86 bits per heavy atom. The van der Waals surface area contributed by atoms with Gasteiger partial charge < -0.3 is 9.80 Å². The zero-order chi connectivity index (χ0) is 14.8. The van der Waals surface area contributed by atoms with Crippen molar-refractivity contribution in [3.63, 3.8) is 0 Å². The summed E-state index contributed by atoms with van der Waals surface area (Å²) in [4.78, 5) is 24.7. The van der Waals surface area contributed by atoms with Gasteiger partial charge in [-0.3, -0.25) is 4.79 Å². The van der Waals surface area contributed by atoms with Crippen LogP contribution >= 0.6 is 11.6 Å². The van der Waals surface area contributed by atoms with Gasteiger partial charge in [0.15, 0.2) is 5.82 Å². The van der Waals surface area contributed by atoms with E-state index in [1.807, 2.05) is 11.9 Å². The average molecular weight is 309 g/mol. The second kappa shape index (κ2) is 6.18. The topological polar surface area (TPSA) is 49.3 Å². The van der Waals surface area contributed by atoms with Crippen molar-refractivity contribution < 1.29 is 4.79 Å². The number of likely N-dealkylation sites (N-methyl/N-ethyl adjacent to an activating group) is 1. The van der Waals surface area contributed by atoms with Gasteiger partial charge in [0.1, 0.15) is 11.3 Å². The zero-order valence-corrected chi connectivity index (χ0v) is 13.1. The van der Waals surface area contributed by atoms with Crippen molar-refractivity contribution in [1.29, 1.82) is 0 Å². The fraction of sp³-hybridized carbons (Fsp3) is 0.667. The normalized spacial score (nSPS) is 22.8. The molecule has 2 heterocycles. The molecule has 21 heavy (non-hydrogen) atoms. The van der Waals surface area contributed by atoms with E-state index in [1.165, 1.54) is 12.7 Å². The molecule has 0 radical (unpaired) electrons. The van der Waals surface area contributed by atoms with Gasteiger partial charge in [0.2, 0.25) is 5.91 Å². The molecule has 5 nitrogen and oxygen atoms in total. The largest absolute Gasteiger partial charge is 0.353 e. The van der Waals surface area contributed by atoms with Crippen LogP contribution in [0.3, 0.4) is 0 Å². The number of anilines is 1. The van der Waals surface area contributed by atoms with Gasteiger partial charge in [-0.2, -0.15) is 0 Å². The Kier molecular flexibility index (Phi) is 4.29. The molecule has 0 spiro atoms. The predicted octanol–water partition coefficient (Wildman–Crippen LogP) is 2.36. The smallest absolute Gasteiger partial charge is 0.225 e. The third kappa shape index (κ3) is 2.98. The van der Waals surface area contributed by atoms with E-state index >= 15 is 0 Å². The molecule has 2 fully saturated rings. The van der Waals surface area contributed by atoms with Crippen molar-refractivity contribution in [2.24, 2.45) is 5.92 Å². The van der Waals surface area contributed by atoms with E-state index in [1.54, 1.807) is 6.20 Å². The molecule has 1 aromatic rings. The SMILES string of the molecule is CN(C(=O)C1CCC1)C1CCCN(c2ncncc2Cl)C1. The number of halogens is 1. The first kappa shape index (κ1) is 14.6. The van der Waals surface area contributed by atoms with Crippen LogP contribution in [0.15, 0.2) is 12.5 Å². The molecule has 3 rings (SSSR count). The van der Waals surface area contributed by atoms with Gasteiger partial charge in [0.25, 0.3) is 0 Å². The molecule has 1 atom stereocenters. The van der Waals surface area contributed by atoms with Gasteiger partial charge in [0.05, 0.1) is 6.20 Å². The van der Waals surface area contributed by atoms with Crippen LogP contribution < -0.4 is 4.90 Å². The number of hydrogen-bond acceptors (Lipinski definition) is 4. The van der Waals surface area contributed by atoms with Crippen molar-refractivity contribution >= 4 is 23.3 Å². The van der Waals surface area contributed by atoms with Crippen LogP contribution in [0.25, 0.3) is 0 Å². The van der Waals surface area contributed by atoms with Gasteiger partial charge in [0, 0.05) is 32.1 Å². The molecule has 1 aromatic heterocycles. The molecule has 2 aliphatic rings. The minimum atomic E-state index is 0.248. The molecular weight excluding hydrogens is 288 g/mol. The number of amides is 1. The molecule has 1 aliphatic carbocycles. The summed E-state index contributed by atoms with van der Waals surface area (Å²) in [6.07, 6.45) is 8.54. The number of nitrogens with zero attached hydrogens (tertiary/aromatic N) is 4. The number of piperidine rings is 1. The van der Waals surface area contributed by atoms with Crippen LogP contribution in [0.4, 0.5) is 5.82 Å². The van der Waals surface area contributed by atoms with Crippen LogP contribution in [0, 0.1) is 5.92 Å². The Labute approximate surface area is 130 Å². The number of hydrogen-bond donors (Lipinski definition) is 0. The number of carbonyl (C=O) groups is 1. The van der Waals surface area contributed by atoms with Crippen LogP contribution in [0.5, 0.6) is 0 Å². The van der Waals surface area contributed by atoms with Crippen molar-refractivity contribution in [3.05, 3.63) is 17.5 Å². The van der Waals surface area contributed by atoms with Gasteiger partial charge >= 0.3 is 0 Å². The van der Waals surface area contributed by atoms with E-state index in [0.29, 0.717) is 10.9 Å². The lowest BCUT2D eigenvalue weighted by molar-refractivity contribution is -0.139. The summed E-state index contributed by atoms with van der Waals surface area (Å²) in [5.74, 6) is 1.34. The fourth-order valence-electron chi connectivity index (χ4n) is 3.13. The van der Waals surface area contributed by atoms with E-state index in [0.717, 1.165) is 44.6 Å². The molecule has 114 valence electrons. The summed E-state index contributed by atoms with van der Waals surface area (Å²) in [6, 6.07) is 0.248. The minimum absolute atomic E-state index is 0.248. The maximum atomic E-state index is 12.4. The second-order valence-electron chi connectivity index (χ2n) is 6.01. The molecule has 6 heteroatoms. The van der Waals surface area contributed by atoms with E-state index in [2.05, 4.69) is 14.9 Å². The third-order valence-electron chi connectivity index (χ3n) is 4.69. The Bertz CT molecular complexity index is 520. The summed E-state index contributed by atoms with van der Waals surface area (Å²) >= 11 is 6.18. The van der Waals surface area contributed by atoms with Crippen molar-refractivity contribution in [3.8, 4) is 0 Å². The summed E-state index contributed by atoms with van der Waals surface area (Å²) in [5.41, 5.74) is 0. The number of rotatable bonds is 3. The van der Waals surface area contributed by atoms with Gasteiger partial charge in [-0.1, -0.05) is 18.0 Å². The van der Waals surface area contributed by atoms with Crippen LogP contribution in [0.1, 0.15) is 32.1 Å². The maximum absolute atomic E-state index is 12.4. The summed E-state index contributed by atoms with van der Waals surface area (Å²) in [5, 5.41) is 0.575. The van der Waals surface area contributed by atoms with Crippen LogP contribution in [0.2, 0.25) is 5.02 Å². The first-order valence-corrected chi connectivity index (χ1v) is 8.01. The molecule has 0 N–H and O–H groups in total. The second-order valence-corrected chi connectivity index (χ2v) is 6.42. The molecule has 0 bridgehead atoms. The van der Waals surface area contributed by atoms with Crippen molar-refractivity contribution in [2.75, 3.05) is 25.0 Å². The molecule has 1 saturated carbocycles. The Hall–Kier alpha value is -1.36. The lowest BCUT2D eigenvalue weighted by Crippen LogP contribution is -2.51. The van der Waals surface area contributed by atoms with E-state index in [4.69, 9.17) is 11.6 Å². The fourth-order valence-corrected chi connectivity index (χ4v) is 3.35. The highest BCUT2D eigenvalue weighted by Crippen LogP contribution is 2.30. The molecular formula is C15H21ClN4O. The lowest BCUT2D eigenvalue weighted by atomic mass is 9.84. The van der Waals surface area contributed by atoms with E-state index in [-0.39, 0.29) is 12.0 Å². The summed E-state index contributed by atoms with van der Waals surface area (Å²) in [7, 11) is 1.94. The Morgan fingerprint density at radius 1 is 1.38 bits per heavy atom. The van der Waals surface area contributed by atoms with E-state index in [9.17, 15) is 4.79 Å². The highest BCUT2D eigenvalue weighted by atomic mass is 35.5. The highest BCUT2D eigenvalue weighted by Gasteiger charge is 2.33. The summed E-state index contributed by atoms with van der Waals surface area (Å²) < 4.78 is 0. The molecule has 1 unspecified atom stereocenters. The number of carbonyl (C=O) groups excluding carboxylic acids is 1. The highest BCUT2D eigenvalue weighted by molar-refractivity contribution is 6.32. The average Bonchev–Trinajstić information content (AvgIpc) is 2.45. The standard InChI is InChI=1S/C15H21ClN4O/c1-19(15(21)11-4-2-5-11)12-6-3-7-20(9-12)14-13(16)8-17-10-18-14/h8,10-12H,2-7,9H2,1H3. The molecule has 1 saturated heterocycles. The summed E-state index contributed by atoms with van der Waals surface area (Å²) in [6.45, 7) is 1.73. The van der Waals surface area contributed by atoms with Gasteiger partial charge in [-0.15, -0.1) is 0 Å².